The van der Waals surface area contributed by atoms with E-state index in [0.29, 0.717) is 24.3 Å². The molecule has 6 heteroatoms. The molecule has 1 aromatic heterocycles. The van der Waals surface area contributed by atoms with Crippen molar-refractivity contribution in [3.05, 3.63) is 64.1 Å². The molecule has 1 aromatic carbocycles. The van der Waals surface area contributed by atoms with Crippen LogP contribution in [0, 0.1) is 0 Å². The van der Waals surface area contributed by atoms with Gasteiger partial charge in [-0.2, -0.15) is 0 Å². The summed E-state index contributed by atoms with van der Waals surface area (Å²) in [5.41, 5.74) is 2.50. The first-order valence-electron chi connectivity index (χ1n) is 7.20. The van der Waals surface area contributed by atoms with Gasteiger partial charge in [-0.15, -0.1) is 0 Å². The summed E-state index contributed by atoms with van der Waals surface area (Å²) < 4.78 is 1.57. The largest absolute Gasteiger partial charge is 0.503 e. The van der Waals surface area contributed by atoms with Crippen molar-refractivity contribution >= 4 is 11.5 Å². The molecule has 2 aromatic rings. The minimum atomic E-state index is -0.529. The molecular formula is C17H16N2O4. The van der Waals surface area contributed by atoms with Crippen LogP contribution in [0.2, 0.25) is 0 Å². The van der Waals surface area contributed by atoms with Gasteiger partial charge in [0.2, 0.25) is 11.3 Å². The first-order chi connectivity index (χ1) is 11.1. The van der Waals surface area contributed by atoms with Crippen molar-refractivity contribution in [2.45, 2.75) is 13.0 Å². The Labute approximate surface area is 132 Å². The maximum atomic E-state index is 11.5. The monoisotopic (exact) mass is 312 g/mol. The second kappa shape index (κ2) is 6.10. The number of nitrogens with zero attached hydrogens (tertiary/aromatic N) is 1. The van der Waals surface area contributed by atoms with E-state index >= 15 is 0 Å². The van der Waals surface area contributed by atoms with Crippen LogP contribution in [0.25, 0.3) is 11.3 Å². The van der Waals surface area contributed by atoms with Gasteiger partial charge in [0.15, 0.2) is 5.75 Å². The van der Waals surface area contributed by atoms with Gasteiger partial charge in [0.05, 0.1) is 18.5 Å². The van der Waals surface area contributed by atoms with Crippen LogP contribution in [0.5, 0.6) is 5.75 Å². The van der Waals surface area contributed by atoms with Crippen molar-refractivity contribution in [1.82, 2.24) is 9.88 Å². The lowest BCUT2D eigenvalue weighted by Gasteiger charge is -2.17. The predicted molar refractivity (Wildman–Crippen MR) is 85.2 cm³/mol. The Morgan fingerprint density at radius 2 is 2.04 bits per heavy atom. The molecule has 0 unspecified atom stereocenters. The van der Waals surface area contributed by atoms with Gasteiger partial charge < -0.3 is 20.1 Å². The molecule has 0 spiro atoms. The van der Waals surface area contributed by atoms with Crippen molar-refractivity contribution in [2.75, 3.05) is 6.54 Å². The van der Waals surface area contributed by atoms with Crippen LogP contribution < -0.4 is 10.7 Å². The zero-order valence-corrected chi connectivity index (χ0v) is 12.3. The predicted octanol–water partition coefficient (Wildman–Crippen LogP) is 0.939. The number of carbonyl (C=O) groups excluding carboxylic acids is 1. The Morgan fingerprint density at radius 3 is 2.74 bits per heavy atom. The number of hydrogen-bond donors (Lipinski definition) is 3. The van der Waals surface area contributed by atoms with Crippen molar-refractivity contribution in [2.24, 2.45) is 0 Å². The lowest BCUT2D eigenvalue weighted by atomic mass is 10.0. The van der Waals surface area contributed by atoms with E-state index in [2.05, 4.69) is 5.32 Å². The summed E-state index contributed by atoms with van der Waals surface area (Å²) in [6.07, 6.45) is 3.53. The van der Waals surface area contributed by atoms with Gasteiger partial charge in [0.25, 0.3) is 0 Å². The third kappa shape index (κ3) is 3.02. The Kier molecular flexibility index (Phi) is 3.99. The molecule has 23 heavy (non-hydrogen) atoms. The molecule has 0 saturated heterocycles. The van der Waals surface area contributed by atoms with Crippen LogP contribution >= 0.6 is 0 Å². The van der Waals surface area contributed by atoms with E-state index in [0.717, 1.165) is 11.1 Å². The highest BCUT2D eigenvalue weighted by Gasteiger charge is 2.12. The zero-order chi connectivity index (χ0) is 16.4. The summed E-state index contributed by atoms with van der Waals surface area (Å²) in [7, 11) is 0. The lowest BCUT2D eigenvalue weighted by Crippen LogP contribution is -2.27. The number of hydrogen-bond acceptors (Lipinski definition) is 4. The number of aromatic hydroxyl groups is 1. The molecule has 118 valence electrons. The Morgan fingerprint density at radius 1 is 1.22 bits per heavy atom. The number of rotatable bonds is 3. The van der Waals surface area contributed by atoms with Gasteiger partial charge in [0.1, 0.15) is 0 Å². The third-order valence-corrected chi connectivity index (χ3v) is 3.78. The van der Waals surface area contributed by atoms with E-state index in [4.69, 9.17) is 0 Å². The van der Waals surface area contributed by atoms with Crippen LogP contribution in [0.1, 0.15) is 17.7 Å². The molecule has 1 aliphatic rings. The van der Waals surface area contributed by atoms with E-state index < -0.39 is 5.43 Å². The van der Waals surface area contributed by atoms with E-state index in [1.807, 2.05) is 30.3 Å². The quantitative estimate of drug-likeness (QED) is 0.786. The lowest BCUT2D eigenvalue weighted by molar-refractivity contribution is -0.120. The minimum absolute atomic E-state index is 0.00203. The number of aromatic nitrogens is 1. The number of pyridine rings is 1. The van der Waals surface area contributed by atoms with Gasteiger partial charge in [-0.25, -0.2) is 0 Å². The molecule has 1 amide bonds. The molecule has 0 aliphatic carbocycles. The van der Waals surface area contributed by atoms with E-state index in [9.17, 15) is 19.8 Å². The van der Waals surface area contributed by atoms with E-state index in [1.54, 1.807) is 4.57 Å². The maximum Gasteiger partial charge on any atom is 0.224 e. The van der Waals surface area contributed by atoms with Crippen LogP contribution in [-0.4, -0.2) is 27.2 Å². The van der Waals surface area contributed by atoms with Gasteiger partial charge in [-0.1, -0.05) is 18.2 Å². The van der Waals surface area contributed by atoms with Crippen LogP contribution in [-0.2, 0) is 11.4 Å². The first kappa shape index (κ1) is 15.1. The topological polar surface area (TPSA) is 91.6 Å². The fraction of sp³-hybridized carbons (Fsp3) is 0.176. The van der Waals surface area contributed by atoms with Crippen molar-refractivity contribution in [3.8, 4) is 11.4 Å². The van der Waals surface area contributed by atoms with E-state index in [1.165, 1.54) is 12.3 Å². The molecule has 0 atom stereocenters. The van der Waals surface area contributed by atoms with Crippen LogP contribution in [0.4, 0.5) is 0 Å². The highest BCUT2D eigenvalue weighted by atomic mass is 16.3. The van der Waals surface area contributed by atoms with Crippen molar-refractivity contribution < 1.29 is 15.0 Å². The normalized spacial score (nSPS) is 14.3. The Balaban J connectivity index is 2.05. The molecule has 0 radical (unpaired) electrons. The molecule has 6 nitrogen and oxygen atoms in total. The number of aliphatic hydroxyl groups is 1. The summed E-state index contributed by atoms with van der Waals surface area (Å²) in [6, 6.07) is 8.68. The summed E-state index contributed by atoms with van der Waals surface area (Å²) in [4.78, 5) is 22.7. The summed E-state index contributed by atoms with van der Waals surface area (Å²) in [5, 5.41) is 21.9. The number of amides is 1. The van der Waals surface area contributed by atoms with Crippen LogP contribution in [0.3, 0.4) is 0 Å². The molecule has 2 heterocycles. The van der Waals surface area contributed by atoms with Crippen LogP contribution in [0.15, 0.2) is 47.4 Å². The van der Waals surface area contributed by atoms with Gasteiger partial charge in [-0.05, 0) is 23.3 Å². The highest BCUT2D eigenvalue weighted by molar-refractivity contribution is 5.85. The minimum Gasteiger partial charge on any atom is -0.503 e. The summed E-state index contributed by atoms with van der Waals surface area (Å²) in [5.74, 6) is -0.380. The molecule has 3 rings (SSSR count). The smallest absolute Gasteiger partial charge is 0.224 e. The number of nitrogens with one attached hydrogen (secondary N) is 1. The molecular weight excluding hydrogens is 296 g/mol. The summed E-state index contributed by atoms with van der Waals surface area (Å²) in [6.45, 7) is 0.142. The molecule has 0 fully saturated rings. The summed E-state index contributed by atoms with van der Waals surface area (Å²) >= 11 is 0. The molecule has 1 aliphatic heterocycles. The number of benzene rings is 1. The fourth-order valence-corrected chi connectivity index (χ4v) is 2.56. The first-order valence-corrected chi connectivity index (χ1v) is 7.20. The SMILES string of the molecule is O=C1CC=C(c2cccc(-n3cc(O)c(=O)cc3CO)c2)CN1. The number of aliphatic hydroxyl groups excluding tert-OH is 1. The standard InChI is InChI=1S/C17H16N2O4/c20-10-14-7-15(21)16(22)9-19(14)13-3-1-2-11(6-13)12-4-5-17(23)18-8-12/h1-4,6-7,9,20,22H,5,8,10H2,(H,18,23). The van der Waals surface area contributed by atoms with Gasteiger partial charge in [-0.3, -0.25) is 9.59 Å². The highest BCUT2D eigenvalue weighted by Crippen LogP contribution is 2.21. The average Bonchev–Trinajstić information content (AvgIpc) is 2.57. The Bertz CT molecular complexity index is 852. The second-order valence-electron chi connectivity index (χ2n) is 5.30. The molecule has 0 saturated carbocycles. The van der Waals surface area contributed by atoms with Crippen molar-refractivity contribution in [1.29, 1.82) is 0 Å². The number of carbonyl (C=O) groups is 1. The van der Waals surface area contributed by atoms with Gasteiger partial charge in [0, 0.05) is 24.7 Å². The second-order valence-corrected chi connectivity index (χ2v) is 5.30. The fourth-order valence-electron chi connectivity index (χ4n) is 2.56. The molecule has 0 bridgehead atoms. The molecule has 3 N–H and O–H groups in total. The Hall–Kier alpha value is -2.86. The third-order valence-electron chi connectivity index (χ3n) is 3.78. The maximum absolute atomic E-state index is 11.5. The average molecular weight is 312 g/mol. The zero-order valence-electron chi connectivity index (χ0n) is 12.3. The van der Waals surface area contributed by atoms with E-state index in [-0.39, 0.29) is 18.3 Å². The van der Waals surface area contributed by atoms with Gasteiger partial charge >= 0.3 is 0 Å². The van der Waals surface area contributed by atoms with Crippen molar-refractivity contribution in [3.63, 3.8) is 0 Å².